The molecule has 4 heteroatoms. The van der Waals surface area contributed by atoms with Gasteiger partial charge >= 0.3 is 0 Å². The first kappa shape index (κ1) is 15.3. The lowest BCUT2D eigenvalue weighted by Gasteiger charge is -2.06. The zero-order valence-electron chi connectivity index (χ0n) is 13.1. The molecule has 4 nitrogen and oxygen atoms in total. The summed E-state index contributed by atoms with van der Waals surface area (Å²) in [6.45, 7) is 1.49. The number of nitrogens with zero attached hydrogens (tertiary/aromatic N) is 2. The summed E-state index contributed by atoms with van der Waals surface area (Å²) < 4.78 is 1.99. The van der Waals surface area contributed by atoms with Gasteiger partial charge in [0.15, 0.2) is 0 Å². The third-order valence-corrected chi connectivity index (χ3v) is 3.90. The number of aryl methyl sites for hydroxylation is 2. The second kappa shape index (κ2) is 7.58. The Balaban J connectivity index is 1.39. The maximum absolute atomic E-state index is 11.9. The Kier molecular flexibility index (Phi) is 5.04. The molecule has 0 unspecified atom stereocenters. The number of carbonyl (C=O) groups is 1. The fourth-order valence-corrected chi connectivity index (χ4v) is 2.65. The van der Waals surface area contributed by atoms with Crippen LogP contribution < -0.4 is 5.32 Å². The van der Waals surface area contributed by atoms with Crippen molar-refractivity contribution in [1.29, 1.82) is 0 Å². The average Bonchev–Trinajstić information content (AvgIpc) is 3.01. The van der Waals surface area contributed by atoms with E-state index in [1.165, 1.54) is 5.56 Å². The van der Waals surface area contributed by atoms with Gasteiger partial charge in [0.25, 0.3) is 0 Å². The molecule has 0 saturated heterocycles. The molecule has 0 fully saturated rings. The Labute approximate surface area is 136 Å². The van der Waals surface area contributed by atoms with Crippen LogP contribution in [0.2, 0.25) is 0 Å². The Bertz CT molecular complexity index is 764. The number of carbonyl (C=O) groups excluding carboxylic acids is 1. The van der Waals surface area contributed by atoms with E-state index in [2.05, 4.69) is 34.7 Å². The quantitative estimate of drug-likeness (QED) is 0.682. The van der Waals surface area contributed by atoms with E-state index in [1.807, 2.05) is 41.2 Å². The molecule has 0 aliphatic rings. The van der Waals surface area contributed by atoms with Crippen LogP contribution in [0, 0.1) is 0 Å². The number of hydrogen-bond donors (Lipinski definition) is 1. The van der Waals surface area contributed by atoms with Gasteiger partial charge in [0, 0.05) is 24.9 Å². The summed E-state index contributed by atoms with van der Waals surface area (Å²) in [6.07, 6.45) is 4.09. The molecular weight excluding hydrogens is 286 g/mol. The van der Waals surface area contributed by atoms with Gasteiger partial charge in [-0.25, -0.2) is 0 Å². The van der Waals surface area contributed by atoms with Crippen LogP contribution in [0.4, 0.5) is 0 Å². The molecule has 0 bridgehead atoms. The van der Waals surface area contributed by atoms with E-state index in [0.29, 0.717) is 13.0 Å². The van der Waals surface area contributed by atoms with E-state index in [0.717, 1.165) is 30.3 Å². The lowest BCUT2D eigenvalue weighted by Crippen LogP contribution is -2.25. The third-order valence-electron chi connectivity index (χ3n) is 3.90. The van der Waals surface area contributed by atoms with Crippen LogP contribution >= 0.6 is 0 Å². The van der Waals surface area contributed by atoms with Crippen LogP contribution in [0.25, 0.3) is 10.9 Å². The van der Waals surface area contributed by atoms with Gasteiger partial charge in [-0.05, 0) is 24.5 Å². The first-order chi connectivity index (χ1) is 11.3. The summed E-state index contributed by atoms with van der Waals surface area (Å²) in [5.41, 5.74) is 2.34. The Hall–Kier alpha value is -2.62. The summed E-state index contributed by atoms with van der Waals surface area (Å²) in [5.74, 6) is 0.110. The van der Waals surface area contributed by atoms with Gasteiger partial charge in [0.2, 0.25) is 5.91 Å². The average molecular weight is 307 g/mol. The van der Waals surface area contributed by atoms with Gasteiger partial charge in [0.05, 0.1) is 11.7 Å². The molecule has 23 heavy (non-hydrogen) atoms. The maximum Gasteiger partial charge on any atom is 0.220 e. The number of aromatic nitrogens is 2. The fraction of sp³-hybridized carbons (Fsp3) is 0.263. The minimum Gasteiger partial charge on any atom is -0.356 e. The van der Waals surface area contributed by atoms with Crippen molar-refractivity contribution >= 4 is 16.8 Å². The summed E-state index contributed by atoms with van der Waals surface area (Å²) in [6, 6.07) is 18.3. The minimum atomic E-state index is 0.110. The van der Waals surface area contributed by atoms with Crippen molar-refractivity contribution in [3.8, 4) is 0 Å². The van der Waals surface area contributed by atoms with Crippen molar-refractivity contribution < 1.29 is 4.79 Å². The maximum atomic E-state index is 11.9. The number of amides is 1. The highest BCUT2D eigenvalue weighted by Crippen LogP contribution is 2.12. The fourth-order valence-electron chi connectivity index (χ4n) is 2.65. The predicted octanol–water partition coefficient (Wildman–Crippen LogP) is 3.18. The Morgan fingerprint density at radius 1 is 1.04 bits per heavy atom. The Morgan fingerprint density at radius 2 is 1.83 bits per heavy atom. The lowest BCUT2D eigenvalue weighted by molar-refractivity contribution is -0.121. The molecule has 0 aliphatic carbocycles. The highest BCUT2D eigenvalue weighted by Gasteiger charge is 2.03. The summed E-state index contributed by atoms with van der Waals surface area (Å²) in [5, 5.41) is 8.53. The summed E-state index contributed by atoms with van der Waals surface area (Å²) in [7, 11) is 0. The molecule has 3 rings (SSSR count). The van der Waals surface area contributed by atoms with E-state index < -0.39 is 0 Å². The first-order valence-electron chi connectivity index (χ1n) is 8.04. The number of fused-ring (bicyclic) bond motifs is 1. The van der Waals surface area contributed by atoms with Crippen molar-refractivity contribution in [3.63, 3.8) is 0 Å². The SMILES string of the molecule is O=C(CCc1ccccc1)NCCCn1ncc2ccccc21. The third kappa shape index (κ3) is 4.19. The topological polar surface area (TPSA) is 46.9 Å². The van der Waals surface area contributed by atoms with Gasteiger partial charge in [0.1, 0.15) is 0 Å². The second-order valence-corrected chi connectivity index (χ2v) is 5.62. The number of para-hydroxylation sites is 1. The molecular formula is C19H21N3O. The highest BCUT2D eigenvalue weighted by molar-refractivity contribution is 5.78. The van der Waals surface area contributed by atoms with E-state index in [4.69, 9.17) is 0 Å². The van der Waals surface area contributed by atoms with Gasteiger partial charge in [-0.2, -0.15) is 5.10 Å². The normalized spacial score (nSPS) is 10.8. The molecule has 2 aromatic carbocycles. The standard InChI is InChI=1S/C19H21N3O/c23-19(12-11-16-7-2-1-3-8-16)20-13-6-14-22-18-10-5-4-9-17(18)15-21-22/h1-5,7-10,15H,6,11-14H2,(H,20,23). The molecule has 0 radical (unpaired) electrons. The van der Waals surface area contributed by atoms with Crippen LogP contribution in [0.15, 0.2) is 60.8 Å². The predicted molar refractivity (Wildman–Crippen MR) is 92.1 cm³/mol. The molecule has 0 spiro atoms. The molecule has 0 atom stereocenters. The van der Waals surface area contributed by atoms with Crippen molar-refractivity contribution in [3.05, 3.63) is 66.4 Å². The van der Waals surface area contributed by atoms with Gasteiger partial charge in [-0.15, -0.1) is 0 Å². The smallest absolute Gasteiger partial charge is 0.220 e. The van der Waals surface area contributed by atoms with Crippen LogP contribution in [-0.4, -0.2) is 22.2 Å². The van der Waals surface area contributed by atoms with Crippen LogP contribution in [0.5, 0.6) is 0 Å². The molecule has 3 aromatic rings. The van der Waals surface area contributed by atoms with Gasteiger partial charge in [-0.3, -0.25) is 9.48 Å². The summed E-state index contributed by atoms with van der Waals surface area (Å²) in [4.78, 5) is 11.9. The lowest BCUT2D eigenvalue weighted by atomic mass is 10.1. The molecule has 1 amide bonds. The van der Waals surface area contributed by atoms with Crippen LogP contribution in [0.1, 0.15) is 18.4 Å². The second-order valence-electron chi connectivity index (χ2n) is 5.62. The van der Waals surface area contributed by atoms with Crippen LogP contribution in [0.3, 0.4) is 0 Å². The zero-order valence-corrected chi connectivity index (χ0v) is 13.1. The largest absolute Gasteiger partial charge is 0.356 e. The van der Waals surface area contributed by atoms with E-state index in [1.54, 1.807) is 0 Å². The van der Waals surface area contributed by atoms with Crippen molar-refractivity contribution in [2.75, 3.05) is 6.54 Å². The Morgan fingerprint density at radius 3 is 2.70 bits per heavy atom. The van der Waals surface area contributed by atoms with Crippen molar-refractivity contribution in [2.45, 2.75) is 25.8 Å². The molecule has 0 saturated carbocycles. The number of nitrogens with one attached hydrogen (secondary N) is 1. The highest BCUT2D eigenvalue weighted by atomic mass is 16.1. The van der Waals surface area contributed by atoms with E-state index in [-0.39, 0.29) is 5.91 Å². The molecule has 1 aromatic heterocycles. The van der Waals surface area contributed by atoms with E-state index in [9.17, 15) is 4.79 Å². The number of hydrogen-bond acceptors (Lipinski definition) is 2. The van der Waals surface area contributed by atoms with Gasteiger partial charge < -0.3 is 5.32 Å². The molecule has 0 aliphatic heterocycles. The summed E-state index contributed by atoms with van der Waals surface area (Å²) >= 11 is 0. The van der Waals surface area contributed by atoms with Crippen molar-refractivity contribution in [2.24, 2.45) is 0 Å². The molecule has 1 N–H and O–H groups in total. The first-order valence-corrected chi connectivity index (χ1v) is 8.04. The van der Waals surface area contributed by atoms with E-state index >= 15 is 0 Å². The van der Waals surface area contributed by atoms with Crippen LogP contribution in [-0.2, 0) is 17.8 Å². The minimum absolute atomic E-state index is 0.110. The monoisotopic (exact) mass is 307 g/mol. The molecule has 1 heterocycles. The number of benzene rings is 2. The zero-order chi connectivity index (χ0) is 15.9. The van der Waals surface area contributed by atoms with Crippen molar-refractivity contribution in [1.82, 2.24) is 15.1 Å². The number of rotatable bonds is 7. The van der Waals surface area contributed by atoms with Gasteiger partial charge in [-0.1, -0.05) is 48.5 Å². The molecule has 118 valence electrons.